The smallest absolute Gasteiger partial charge is 0.215 e. The third kappa shape index (κ3) is 3.39. The highest BCUT2D eigenvalue weighted by atomic mass is 35.5. The average molecular weight is 319 g/mol. The van der Waals surface area contributed by atoms with Crippen molar-refractivity contribution in [3.8, 4) is 0 Å². The molecule has 0 saturated heterocycles. The second kappa shape index (κ2) is 5.93. The van der Waals surface area contributed by atoms with Crippen molar-refractivity contribution in [3.05, 3.63) is 51.5 Å². The number of carbonyl (C=O) groups is 1. The summed E-state index contributed by atoms with van der Waals surface area (Å²) in [6.45, 7) is 0. The van der Waals surface area contributed by atoms with Gasteiger partial charge in [-0.3, -0.25) is 4.79 Å². The van der Waals surface area contributed by atoms with Gasteiger partial charge in [-0.25, -0.2) is 4.40 Å². The van der Waals surface area contributed by atoms with Gasteiger partial charge in [0.15, 0.2) is 0 Å². The van der Waals surface area contributed by atoms with E-state index in [1.807, 2.05) is 12.1 Å². The second-order valence-electron chi connectivity index (χ2n) is 3.38. The highest BCUT2D eigenvalue weighted by Gasteiger charge is 2.17. The van der Waals surface area contributed by atoms with Gasteiger partial charge in [0.1, 0.15) is 0 Å². The number of halogens is 3. The molecule has 0 fully saturated rings. The molecule has 1 aromatic carbocycles. The number of Topliss-reactive ketones (excluding diaryl/α,β-unsaturated/α-hetero) is 1. The van der Waals surface area contributed by atoms with Gasteiger partial charge < -0.3 is 0 Å². The van der Waals surface area contributed by atoms with Gasteiger partial charge in [0, 0.05) is 21.9 Å². The van der Waals surface area contributed by atoms with E-state index >= 15 is 0 Å². The molecule has 0 amide bonds. The lowest BCUT2D eigenvalue weighted by Crippen LogP contribution is -2.07. The zero-order chi connectivity index (χ0) is 13.1. The molecule has 0 radical (unpaired) electrons. The Labute approximate surface area is 123 Å². The van der Waals surface area contributed by atoms with Crippen LogP contribution in [0.25, 0.3) is 0 Å². The lowest BCUT2D eigenvalue weighted by atomic mass is 10.1. The van der Waals surface area contributed by atoms with Gasteiger partial charge in [-0.05, 0) is 36.4 Å². The van der Waals surface area contributed by atoms with E-state index in [-0.39, 0.29) is 15.8 Å². The molecule has 2 rings (SSSR count). The fourth-order valence-electron chi connectivity index (χ4n) is 1.20. The topological polar surface area (TPSA) is 29.4 Å². The number of carbonyl (C=O) groups excluding carboxylic acids is 1. The highest BCUT2D eigenvalue weighted by Crippen LogP contribution is 2.24. The normalized spacial score (nSPS) is 15.3. The van der Waals surface area contributed by atoms with Gasteiger partial charge in [-0.1, -0.05) is 34.8 Å². The molecule has 0 spiro atoms. The van der Waals surface area contributed by atoms with Gasteiger partial charge in [0.2, 0.25) is 5.78 Å². The van der Waals surface area contributed by atoms with Gasteiger partial charge in [-0.15, -0.1) is 0 Å². The van der Waals surface area contributed by atoms with Crippen LogP contribution in [0.1, 0.15) is 0 Å². The van der Waals surface area contributed by atoms with E-state index in [9.17, 15) is 4.79 Å². The second-order valence-corrected chi connectivity index (χ2v) is 5.46. The summed E-state index contributed by atoms with van der Waals surface area (Å²) < 4.78 is 4.23. The Bertz CT molecular complexity index is 551. The van der Waals surface area contributed by atoms with Crippen molar-refractivity contribution in [2.24, 2.45) is 4.40 Å². The summed E-state index contributed by atoms with van der Waals surface area (Å²) in [6.07, 6.45) is 2.97. The standard InChI is InChI=1S/C12H6Cl3NOS/c13-7-1-3-9(4-2-7)18-16-8-5-10(14)12(17)11(15)6-8/h1-6H. The van der Waals surface area contributed by atoms with Crippen LogP contribution in [0.4, 0.5) is 0 Å². The number of allylic oxidation sites excluding steroid dienone is 4. The number of ketones is 1. The summed E-state index contributed by atoms with van der Waals surface area (Å²) in [4.78, 5) is 12.2. The Kier molecular flexibility index (Phi) is 4.51. The van der Waals surface area contributed by atoms with E-state index in [0.29, 0.717) is 10.7 Å². The van der Waals surface area contributed by atoms with Crippen LogP contribution in [0.2, 0.25) is 5.02 Å². The quantitative estimate of drug-likeness (QED) is 0.588. The Morgan fingerprint density at radius 2 is 1.50 bits per heavy atom. The number of rotatable bonds is 2. The third-order valence-corrected chi connectivity index (χ3v) is 3.65. The van der Waals surface area contributed by atoms with Crippen LogP contribution in [0, 0.1) is 0 Å². The molecule has 0 aromatic heterocycles. The Morgan fingerprint density at radius 3 is 2.06 bits per heavy atom. The summed E-state index contributed by atoms with van der Waals surface area (Å²) in [6, 6.07) is 7.25. The first-order valence-electron chi connectivity index (χ1n) is 4.86. The van der Waals surface area contributed by atoms with Crippen molar-refractivity contribution < 1.29 is 4.79 Å². The molecule has 92 valence electrons. The van der Waals surface area contributed by atoms with Crippen molar-refractivity contribution in [1.82, 2.24) is 0 Å². The van der Waals surface area contributed by atoms with E-state index in [4.69, 9.17) is 34.8 Å². The number of nitrogens with zero attached hydrogens (tertiary/aromatic N) is 1. The highest BCUT2D eigenvalue weighted by molar-refractivity contribution is 7.98. The first kappa shape index (κ1) is 13.7. The van der Waals surface area contributed by atoms with Crippen LogP contribution in [0.5, 0.6) is 0 Å². The zero-order valence-corrected chi connectivity index (χ0v) is 11.9. The van der Waals surface area contributed by atoms with Gasteiger partial charge in [-0.2, -0.15) is 0 Å². The molecule has 6 heteroatoms. The molecule has 0 bridgehead atoms. The molecule has 1 aliphatic rings. The van der Waals surface area contributed by atoms with E-state index < -0.39 is 0 Å². The van der Waals surface area contributed by atoms with Crippen LogP contribution in [0.15, 0.2) is 55.8 Å². The largest absolute Gasteiger partial charge is 0.287 e. The number of benzene rings is 1. The van der Waals surface area contributed by atoms with Crippen molar-refractivity contribution >= 4 is 58.2 Å². The molecule has 0 atom stereocenters. The number of hydrogen-bond donors (Lipinski definition) is 0. The average Bonchev–Trinajstić information content (AvgIpc) is 2.35. The molecule has 0 heterocycles. The minimum absolute atomic E-state index is 0.0676. The minimum Gasteiger partial charge on any atom is -0.287 e. The van der Waals surface area contributed by atoms with Crippen LogP contribution in [-0.4, -0.2) is 11.5 Å². The lowest BCUT2D eigenvalue weighted by molar-refractivity contribution is -0.111. The van der Waals surface area contributed by atoms with E-state index in [0.717, 1.165) is 4.90 Å². The van der Waals surface area contributed by atoms with Crippen LogP contribution >= 0.6 is 46.8 Å². The summed E-state index contributed by atoms with van der Waals surface area (Å²) in [5, 5.41) is 0.803. The molecule has 0 N–H and O–H groups in total. The van der Waals surface area contributed by atoms with Crippen molar-refractivity contribution in [2.45, 2.75) is 4.90 Å². The Balaban J connectivity index is 2.15. The maximum Gasteiger partial charge on any atom is 0.215 e. The van der Waals surface area contributed by atoms with E-state index in [1.54, 1.807) is 12.1 Å². The summed E-state index contributed by atoms with van der Waals surface area (Å²) >= 11 is 18.5. The molecule has 0 aliphatic heterocycles. The molecular weight excluding hydrogens is 313 g/mol. The van der Waals surface area contributed by atoms with Crippen molar-refractivity contribution in [3.63, 3.8) is 0 Å². The Morgan fingerprint density at radius 1 is 0.944 bits per heavy atom. The van der Waals surface area contributed by atoms with Crippen LogP contribution < -0.4 is 0 Å². The van der Waals surface area contributed by atoms with Crippen LogP contribution in [0.3, 0.4) is 0 Å². The molecule has 2 nitrogen and oxygen atoms in total. The monoisotopic (exact) mass is 317 g/mol. The van der Waals surface area contributed by atoms with E-state index in [1.165, 1.54) is 24.1 Å². The van der Waals surface area contributed by atoms with Gasteiger partial charge in [0.25, 0.3) is 0 Å². The van der Waals surface area contributed by atoms with E-state index in [2.05, 4.69) is 4.40 Å². The molecular formula is C12H6Cl3NOS. The molecule has 1 aromatic rings. The molecule has 18 heavy (non-hydrogen) atoms. The first-order chi connectivity index (χ1) is 8.56. The molecule has 0 saturated carbocycles. The fourth-order valence-corrected chi connectivity index (χ4v) is 2.38. The fraction of sp³-hybridized carbons (Fsp3) is 0. The molecule has 0 unspecified atom stereocenters. The maximum atomic E-state index is 11.3. The number of hydrogen-bond acceptors (Lipinski definition) is 3. The zero-order valence-electron chi connectivity index (χ0n) is 8.86. The third-order valence-electron chi connectivity index (χ3n) is 2.05. The SMILES string of the molecule is O=C1C(Cl)=CC(=NSc2ccc(Cl)cc2)C=C1Cl. The Hall–Kier alpha value is -0.740. The van der Waals surface area contributed by atoms with Crippen molar-refractivity contribution in [2.75, 3.05) is 0 Å². The predicted molar refractivity (Wildman–Crippen MR) is 77.6 cm³/mol. The summed E-state index contributed by atoms with van der Waals surface area (Å²) in [5.74, 6) is -0.381. The van der Waals surface area contributed by atoms with Gasteiger partial charge >= 0.3 is 0 Å². The summed E-state index contributed by atoms with van der Waals surface area (Å²) in [5.41, 5.74) is 0.546. The minimum atomic E-state index is -0.381. The first-order valence-corrected chi connectivity index (χ1v) is 6.76. The van der Waals surface area contributed by atoms with Gasteiger partial charge in [0.05, 0.1) is 15.8 Å². The van der Waals surface area contributed by atoms with Crippen LogP contribution in [-0.2, 0) is 4.79 Å². The summed E-state index contributed by atoms with van der Waals surface area (Å²) in [7, 11) is 0. The lowest BCUT2D eigenvalue weighted by Gasteiger charge is -2.05. The molecule has 1 aliphatic carbocycles. The maximum absolute atomic E-state index is 11.3. The predicted octanol–water partition coefficient (Wildman–Crippen LogP) is 4.62. The van der Waals surface area contributed by atoms with Crippen molar-refractivity contribution in [1.29, 1.82) is 0 Å².